The maximum absolute atomic E-state index is 12.0. The van der Waals surface area contributed by atoms with Crippen molar-refractivity contribution >= 4 is 5.91 Å². The van der Waals surface area contributed by atoms with Gasteiger partial charge in [0.25, 0.3) is 5.91 Å². The van der Waals surface area contributed by atoms with Crippen molar-refractivity contribution in [2.45, 2.75) is 32.7 Å². The average Bonchev–Trinajstić information content (AvgIpc) is 2.39. The van der Waals surface area contributed by atoms with Crippen LogP contribution in [0.5, 0.6) is 5.75 Å². The number of ether oxygens (including phenoxy) is 1. The van der Waals surface area contributed by atoms with E-state index in [1.165, 1.54) is 0 Å². The smallest absolute Gasteiger partial charge is 0.251 e. The summed E-state index contributed by atoms with van der Waals surface area (Å²) in [6, 6.07) is 6.96. The Morgan fingerprint density at radius 2 is 1.94 bits per heavy atom. The molecular weight excluding hydrogens is 230 g/mol. The van der Waals surface area contributed by atoms with Gasteiger partial charge >= 0.3 is 0 Å². The van der Waals surface area contributed by atoms with Crippen molar-refractivity contribution in [3.8, 4) is 5.75 Å². The van der Waals surface area contributed by atoms with E-state index < -0.39 is 5.54 Å². The Morgan fingerprint density at radius 3 is 2.39 bits per heavy atom. The monoisotopic (exact) mass is 251 g/mol. The zero-order valence-electron chi connectivity index (χ0n) is 11.2. The molecule has 1 rings (SSSR count). The highest BCUT2D eigenvalue weighted by Crippen LogP contribution is 2.14. The van der Waals surface area contributed by atoms with Gasteiger partial charge < -0.3 is 15.2 Å². The normalized spacial score (nSPS) is 13.8. The second-order valence-electron chi connectivity index (χ2n) is 4.48. The van der Waals surface area contributed by atoms with Gasteiger partial charge in [-0.25, -0.2) is 0 Å². The molecule has 0 saturated carbocycles. The lowest BCUT2D eigenvalue weighted by Crippen LogP contribution is -2.48. The lowest BCUT2D eigenvalue weighted by Gasteiger charge is -2.27. The Kier molecular flexibility index (Phi) is 5.16. The molecule has 0 spiro atoms. The van der Waals surface area contributed by atoms with E-state index in [1.54, 1.807) is 24.3 Å². The van der Waals surface area contributed by atoms with Gasteiger partial charge in [-0.15, -0.1) is 0 Å². The van der Waals surface area contributed by atoms with Gasteiger partial charge in [0.2, 0.25) is 0 Å². The second kappa shape index (κ2) is 6.40. The van der Waals surface area contributed by atoms with E-state index in [4.69, 9.17) is 4.74 Å². The molecule has 0 fully saturated rings. The third-order valence-electron chi connectivity index (χ3n) is 2.97. The fourth-order valence-corrected chi connectivity index (χ4v) is 1.46. The Balaban J connectivity index is 2.72. The molecule has 0 aliphatic heterocycles. The number of carbonyl (C=O) groups excluding carboxylic acids is 1. The standard InChI is InChI=1S/C14H21NO3/c1-4-14(3,10-16)15-13(17)11-6-8-12(9-7-11)18-5-2/h6-9,16H,4-5,10H2,1-3H3,(H,15,17). The SMILES string of the molecule is CCOc1ccc(C(=O)NC(C)(CC)CO)cc1. The van der Waals surface area contributed by atoms with Gasteiger partial charge in [-0.3, -0.25) is 4.79 Å². The zero-order valence-corrected chi connectivity index (χ0v) is 11.2. The molecule has 2 N–H and O–H groups in total. The highest BCUT2D eigenvalue weighted by molar-refractivity contribution is 5.94. The summed E-state index contributed by atoms with van der Waals surface area (Å²) >= 11 is 0. The Hall–Kier alpha value is -1.55. The molecule has 1 aromatic carbocycles. The van der Waals surface area contributed by atoms with E-state index in [-0.39, 0.29) is 12.5 Å². The minimum atomic E-state index is -0.574. The van der Waals surface area contributed by atoms with Crippen molar-refractivity contribution in [2.24, 2.45) is 0 Å². The molecule has 4 nitrogen and oxygen atoms in total. The van der Waals surface area contributed by atoms with Gasteiger partial charge in [0.1, 0.15) is 5.75 Å². The fourth-order valence-electron chi connectivity index (χ4n) is 1.46. The minimum absolute atomic E-state index is 0.0771. The molecule has 0 saturated heterocycles. The molecule has 1 unspecified atom stereocenters. The highest BCUT2D eigenvalue weighted by atomic mass is 16.5. The first kappa shape index (κ1) is 14.5. The van der Waals surface area contributed by atoms with Gasteiger partial charge in [-0.1, -0.05) is 6.92 Å². The maximum Gasteiger partial charge on any atom is 0.251 e. The molecule has 4 heteroatoms. The molecule has 0 heterocycles. The van der Waals surface area contributed by atoms with Crippen molar-refractivity contribution < 1.29 is 14.6 Å². The van der Waals surface area contributed by atoms with Crippen LogP contribution in [0, 0.1) is 0 Å². The number of hydrogen-bond donors (Lipinski definition) is 2. The van der Waals surface area contributed by atoms with Crippen LogP contribution in [0.2, 0.25) is 0 Å². The molecule has 1 aromatic rings. The van der Waals surface area contributed by atoms with E-state index in [0.717, 1.165) is 5.75 Å². The second-order valence-corrected chi connectivity index (χ2v) is 4.48. The van der Waals surface area contributed by atoms with Crippen LogP contribution in [-0.2, 0) is 0 Å². The number of nitrogens with one attached hydrogen (secondary N) is 1. The molecule has 0 aromatic heterocycles. The largest absolute Gasteiger partial charge is 0.494 e. The van der Waals surface area contributed by atoms with Crippen LogP contribution in [0.15, 0.2) is 24.3 Å². The molecule has 100 valence electrons. The molecule has 0 aliphatic rings. The summed E-state index contributed by atoms with van der Waals surface area (Å²) in [4.78, 5) is 12.0. The van der Waals surface area contributed by atoms with Crippen LogP contribution in [-0.4, -0.2) is 29.8 Å². The molecule has 0 bridgehead atoms. The van der Waals surface area contributed by atoms with E-state index in [9.17, 15) is 9.90 Å². The van der Waals surface area contributed by atoms with Gasteiger partial charge in [0.15, 0.2) is 0 Å². The number of carbonyl (C=O) groups is 1. The first-order valence-electron chi connectivity index (χ1n) is 6.21. The first-order valence-corrected chi connectivity index (χ1v) is 6.21. The Morgan fingerprint density at radius 1 is 1.33 bits per heavy atom. The summed E-state index contributed by atoms with van der Waals surface area (Å²) in [5.41, 5.74) is -0.0121. The highest BCUT2D eigenvalue weighted by Gasteiger charge is 2.23. The van der Waals surface area contributed by atoms with Crippen LogP contribution in [0.3, 0.4) is 0 Å². The summed E-state index contributed by atoms with van der Waals surface area (Å²) in [5, 5.41) is 12.1. The van der Waals surface area contributed by atoms with Crippen molar-refractivity contribution in [3.05, 3.63) is 29.8 Å². The Labute approximate surface area is 108 Å². The quantitative estimate of drug-likeness (QED) is 0.812. The summed E-state index contributed by atoms with van der Waals surface area (Å²) in [6.45, 7) is 6.18. The lowest BCUT2D eigenvalue weighted by atomic mass is 9.99. The van der Waals surface area contributed by atoms with Crippen LogP contribution >= 0.6 is 0 Å². The number of aliphatic hydroxyl groups excluding tert-OH is 1. The molecule has 0 aliphatic carbocycles. The summed E-state index contributed by atoms with van der Waals surface area (Å²) in [7, 11) is 0. The third kappa shape index (κ3) is 3.74. The number of benzene rings is 1. The van der Waals surface area contributed by atoms with Gasteiger partial charge in [-0.05, 0) is 44.5 Å². The number of rotatable bonds is 6. The number of aliphatic hydroxyl groups is 1. The lowest BCUT2D eigenvalue weighted by molar-refractivity contribution is 0.0847. The molecule has 1 amide bonds. The van der Waals surface area contributed by atoms with Crippen LogP contribution in [0.4, 0.5) is 0 Å². The van der Waals surface area contributed by atoms with Gasteiger partial charge in [0, 0.05) is 5.56 Å². The summed E-state index contributed by atoms with van der Waals surface area (Å²) in [6.07, 6.45) is 0.673. The first-order chi connectivity index (χ1) is 8.54. The zero-order chi connectivity index (χ0) is 13.6. The molecule has 18 heavy (non-hydrogen) atoms. The van der Waals surface area contributed by atoms with Crippen molar-refractivity contribution in [2.75, 3.05) is 13.2 Å². The van der Waals surface area contributed by atoms with E-state index >= 15 is 0 Å². The predicted molar refractivity (Wildman–Crippen MR) is 70.9 cm³/mol. The fraction of sp³-hybridized carbons (Fsp3) is 0.500. The molecular formula is C14H21NO3. The minimum Gasteiger partial charge on any atom is -0.494 e. The Bertz CT molecular complexity index is 383. The van der Waals surface area contributed by atoms with Crippen molar-refractivity contribution in [1.29, 1.82) is 0 Å². The van der Waals surface area contributed by atoms with Crippen molar-refractivity contribution in [3.63, 3.8) is 0 Å². The van der Waals surface area contributed by atoms with Crippen LogP contribution < -0.4 is 10.1 Å². The number of amides is 1. The predicted octanol–water partition coefficient (Wildman–Crippen LogP) is 1.98. The maximum atomic E-state index is 12.0. The molecule has 1 atom stereocenters. The summed E-state index contributed by atoms with van der Waals surface area (Å²) in [5.74, 6) is 0.561. The van der Waals surface area contributed by atoms with Crippen molar-refractivity contribution in [1.82, 2.24) is 5.32 Å². The average molecular weight is 251 g/mol. The van der Waals surface area contributed by atoms with E-state index in [2.05, 4.69) is 5.32 Å². The molecule has 0 radical (unpaired) electrons. The van der Waals surface area contributed by atoms with Gasteiger partial charge in [0.05, 0.1) is 18.8 Å². The van der Waals surface area contributed by atoms with E-state index in [0.29, 0.717) is 18.6 Å². The topological polar surface area (TPSA) is 58.6 Å². The summed E-state index contributed by atoms with van der Waals surface area (Å²) < 4.78 is 5.31. The number of hydrogen-bond acceptors (Lipinski definition) is 3. The van der Waals surface area contributed by atoms with Gasteiger partial charge in [-0.2, -0.15) is 0 Å². The third-order valence-corrected chi connectivity index (χ3v) is 2.97. The van der Waals surface area contributed by atoms with Crippen LogP contribution in [0.25, 0.3) is 0 Å². The van der Waals surface area contributed by atoms with E-state index in [1.807, 2.05) is 20.8 Å². The van der Waals surface area contributed by atoms with Crippen LogP contribution in [0.1, 0.15) is 37.6 Å².